The molecule has 0 spiro atoms. The number of fused-ring (bicyclic) bond motifs is 1. The van der Waals surface area contributed by atoms with Crippen LogP contribution in [0.25, 0.3) is 11.0 Å². The van der Waals surface area contributed by atoms with Crippen molar-refractivity contribution in [2.24, 2.45) is 0 Å². The van der Waals surface area contributed by atoms with Gasteiger partial charge in [-0.15, -0.1) is 5.10 Å². The number of carboxylic acid groups (broad SMARTS) is 3. The van der Waals surface area contributed by atoms with Crippen LogP contribution in [0.1, 0.15) is 12.8 Å². The lowest BCUT2D eigenvalue weighted by molar-refractivity contribution is -0.170. The first-order valence-electron chi connectivity index (χ1n) is 6.00. The number of benzene rings is 1. The Morgan fingerprint density at radius 2 is 1.70 bits per heavy atom. The third-order valence-corrected chi connectivity index (χ3v) is 2.81. The van der Waals surface area contributed by atoms with Crippen LogP contribution in [0.15, 0.2) is 18.2 Å². The van der Waals surface area contributed by atoms with E-state index in [4.69, 9.17) is 32.0 Å². The van der Waals surface area contributed by atoms with Crippen LogP contribution in [0.4, 0.5) is 0 Å². The van der Waals surface area contributed by atoms with Crippen LogP contribution in [-0.4, -0.2) is 59.3 Å². The molecule has 1 aromatic heterocycles. The van der Waals surface area contributed by atoms with Crippen molar-refractivity contribution < 1.29 is 34.8 Å². The third-order valence-electron chi connectivity index (χ3n) is 2.57. The summed E-state index contributed by atoms with van der Waals surface area (Å²) < 4.78 is 0. The topological polar surface area (TPSA) is 174 Å². The van der Waals surface area contributed by atoms with Gasteiger partial charge in [0.15, 0.2) is 5.60 Å². The van der Waals surface area contributed by atoms with Crippen molar-refractivity contribution in [3.05, 3.63) is 23.2 Å². The van der Waals surface area contributed by atoms with Crippen LogP contribution in [-0.2, 0) is 14.4 Å². The first kappa shape index (κ1) is 18.3. The molecule has 0 saturated carbocycles. The fourth-order valence-electron chi connectivity index (χ4n) is 1.53. The number of halogens is 1. The van der Waals surface area contributed by atoms with Crippen molar-refractivity contribution >= 4 is 40.5 Å². The highest BCUT2D eigenvalue weighted by Crippen LogP contribution is 2.16. The summed E-state index contributed by atoms with van der Waals surface area (Å²) in [5.74, 6) is -5.02. The predicted octanol–water partition coefficient (Wildman–Crippen LogP) is 0.363. The van der Waals surface area contributed by atoms with E-state index >= 15 is 0 Å². The van der Waals surface area contributed by atoms with E-state index in [1.54, 1.807) is 12.1 Å². The highest BCUT2D eigenvalue weighted by atomic mass is 35.5. The summed E-state index contributed by atoms with van der Waals surface area (Å²) in [4.78, 5) is 30.5. The van der Waals surface area contributed by atoms with E-state index in [0.717, 1.165) is 11.0 Å². The summed E-state index contributed by atoms with van der Waals surface area (Å²) in [5, 5.41) is 44.6. The molecular weight excluding hydrogens is 334 g/mol. The van der Waals surface area contributed by atoms with Crippen LogP contribution in [0.3, 0.4) is 0 Å². The van der Waals surface area contributed by atoms with E-state index in [-0.39, 0.29) is 0 Å². The average molecular weight is 346 g/mol. The number of carboxylic acids is 3. The Labute approximate surface area is 133 Å². The minimum absolute atomic E-state index is 0.682. The van der Waals surface area contributed by atoms with Gasteiger partial charge in [0, 0.05) is 5.02 Å². The molecule has 0 amide bonds. The quantitative estimate of drug-likeness (QED) is 0.512. The molecule has 11 heteroatoms. The molecule has 5 N–H and O–H groups in total. The van der Waals surface area contributed by atoms with Crippen LogP contribution >= 0.6 is 11.6 Å². The summed E-state index contributed by atoms with van der Waals surface area (Å²) in [6.07, 6.45) is -2.29. The van der Waals surface area contributed by atoms with Gasteiger partial charge in [-0.25, -0.2) is 4.79 Å². The molecule has 0 aliphatic rings. The maximum absolute atomic E-state index is 10.3. The molecule has 2 rings (SSSR count). The maximum Gasteiger partial charge on any atom is 0.336 e. The minimum Gasteiger partial charge on any atom is -0.481 e. The zero-order chi connectivity index (χ0) is 17.6. The van der Waals surface area contributed by atoms with Crippen LogP contribution < -0.4 is 0 Å². The number of hydrogen-bond acceptors (Lipinski definition) is 6. The number of carbonyl (C=O) groups is 3. The molecule has 0 fully saturated rings. The van der Waals surface area contributed by atoms with Gasteiger partial charge in [-0.3, -0.25) is 14.7 Å². The largest absolute Gasteiger partial charge is 0.481 e. The summed E-state index contributed by atoms with van der Waals surface area (Å²) in [6, 6.07) is 5.40. The minimum atomic E-state index is -2.74. The lowest BCUT2D eigenvalue weighted by Crippen LogP contribution is -2.42. The van der Waals surface area contributed by atoms with Crippen LogP contribution in [0.5, 0.6) is 0 Å². The Balaban J connectivity index is 0.000000235. The Bertz CT molecular complexity index is 714. The van der Waals surface area contributed by atoms with Crippen molar-refractivity contribution in [2.45, 2.75) is 18.4 Å². The SMILES string of the molecule is Clc1ccc2[nH]nnc2c1.O=C(O)CC(O)(CC(=O)O)C(=O)O. The zero-order valence-corrected chi connectivity index (χ0v) is 12.2. The summed E-state index contributed by atoms with van der Waals surface area (Å²) in [5.41, 5.74) is -1.03. The van der Waals surface area contributed by atoms with Gasteiger partial charge >= 0.3 is 17.9 Å². The maximum atomic E-state index is 10.3. The van der Waals surface area contributed by atoms with E-state index in [1.165, 1.54) is 0 Å². The van der Waals surface area contributed by atoms with Gasteiger partial charge in [-0.2, -0.15) is 0 Å². The number of rotatable bonds is 5. The molecule has 0 bridgehead atoms. The Morgan fingerprint density at radius 3 is 2.17 bits per heavy atom. The third kappa shape index (κ3) is 5.52. The number of aliphatic hydroxyl groups is 1. The van der Waals surface area contributed by atoms with Gasteiger partial charge in [-0.05, 0) is 18.2 Å². The first-order chi connectivity index (χ1) is 10.6. The van der Waals surface area contributed by atoms with Gasteiger partial charge in [-0.1, -0.05) is 16.8 Å². The van der Waals surface area contributed by atoms with Gasteiger partial charge in [0.05, 0.1) is 18.4 Å². The van der Waals surface area contributed by atoms with Crippen molar-refractivity contribution in [3.63, 3.8) is 0 Å². The van der Waals surface area contributed by atoms with Crippen molar-refractivity contribution in [1.29, 1.82) is 0 Å². The number of aliphatic carboxylic acids is 3. The molecule has 0 saturated heterocycles. The molecule has 0 aliphatic carbocycles. The highest BCUT2D eigenvalue weighted by molar-refractivity contribution is 6.31. The lowest BCUT2D eigenvalue weighted by atomic mass is 9.96. The number of nitrogens with one attached hydrogen (secondary N) is 1. The molecule has 0 radical (unpaired) electrons. The van der Waals surface area contributed by atoms with Gasteiger partial charge < -0.3 is 20.4 Å². The normalized spacial score (nSPS) is 10.7. The predicted molar refractivity (Wildman–Crippen MR) is 76.0 cm³/mol. The summed E-state index contributed by atoms with van der Waals surface area (Å²) in [6.45, 7) is 0. The molecule has 10 nitrogen and oxygen atoms in total. The Kier molecular flexibility index (Phi) is 5.99. The molecular formula is C12H12ClN3O7. The van der Waals surface area contributed by atoms with Crippen LogP contribution in [0.2, 0.25) is 5.02 Å². The van der Waals surface area contributed by atoms with Crippen molar-refractivity contribution in [3.8, 4) is 0 Å². The van der Waals surface area contributed by atoms with Crippen molar-refractivity contribution in [1.82, 2.24) is 15.4 Å². The number of aromatic nitrogens is 3. The lowest BCUT2D eigenvalue weighted by Gasteiger charge is -2.18. The van der Waals surface area contributed by atoms with E-state index in [1.807, 2.05) is 6.07 Å². The van der Waals surface area contributed by atoms with Gasteiger partial charge in [0.1, 0.15) is 5.52 Å². The summed E-state index contributed by atoms with van der Waals surface area (Å²) in [7, 11) is 0. The molecule has 0 atom stereocenters. The molecule has 124 valence electrons. The standard InChI is InChI=1S/C6H4ClN3.C6H8O7/c7-4-1-2-5-6(3-4)9-10-8-5;7-3(8)1-6(13,5(11)12)2-4(9)10/h1-3H,(H,8,9,10);13H,1-2H2,(H,7,8)(H,9,10)(H,11,12). The number of aromatic amines is 1. The summed E-state index contributed by atoms with van der Waals surface area (Å²) >= 11 is 5.69. The number of nitrogens with zero attached hydrogens (tertiary/aromatic N) is 2. The fraction of sp³-hybridized carbons (Fsp3) is 0.250. The average Bonchev–Trinajstić information content (AvgIpc) is 2.84. The molecule has 1 aromatic carbocycles. The zero-order valence-electron chi connectivity index (χ0n) is 11.4. The van der Waals surface area contributed by atoms with Gasteiger partial charge in [0.2, 0.25) is 0 Å². The first-order valence-corrected chi connectivity index (χ1v) is 6.37. The van der Waals surface area contributed by atoms with Crippen molar-refractivity contribution in [2.75, 3.05) is 0 Å². The highest BCUT2D eigenvalue weighted by Gasteiger charge is 2.40. The molecule has 2 aromatic rings. The Morgan fingerprint density at radius 1 is 1.13 bits per heavy atom. The Hall–Kier alpha value is -2.72. The van der Waals surface area contributed by atoms with E-state index in [2.05, 4.69) is 15.4 Å². The van der Waals surface area contributed by atoms with E-state index in [0.29, 0.717) is 5.02 Å². The fourth-order valence-corrected chi connectivity index (χ4v) is 1.70. The van der Waals surface area contributed by atoms with Crippen LogP contribution in [0, 0.1) is 0 Å². The van der Waals surface area contributed by atoms with E-state index in [9.17, 15) is 14.4 Å². The second kappa shape index (κ2) is 7.51. The monoisotopic (exact) mass is 345 g/mol. The second-order valence-corrected chi connectivity index (χ2v) is 4.89. The second-order valence-electron chi connectivity index (χ2n) is 4.45. The number of hydrogen-bond donors (Lipinski definition) is 5. The molecule has 23 heavy (non-hydrogen) atoms. The molecule has 0 unspecified atom stereocenters. The number of H-pyrrole nitrogens is 1. The smallest absolute Gasteiger partial charge is 0.336 e. The van der Waals surface area contributed by atoms with Gasteiger partial charge in [0.25, 0.3) is 0 Å². The molecule has 1 heterocycles. The molecule has 0 aliphatic heterocycles. The van der Waals surface area contributed by atoms with E-state index < -0.39 is 36.4 Å².